The molecule has 0 heterocycles. The van der Waals surface area contributed by atoms with E-state index in [-0.39, 0.29) is 11.1 Å². The van der Waals surface area contributed by atoms with Gasteiger partial charge in [-0.1, -0.05) is 27.7 Å². The Bertz CT molecular complexity index is 338. The molecule has 0 unspecified atom stereocenters. The summed E-state index contributed by atoms with van der Waals surface area (Å²) >= 11 is 0. The monoisotopic (exact) mass is 226 g/mol. The van der Waals surface area contributed by atoms with Gasteiger partial charge in [-0.2, -0.15) is 0 Å². The normalized spacial score (nSPS) is 23.0. The van der Waals surface area contributed by atoms with E-state index >= 15 is 0 Å². The summed E-state index contributed by atoms with van der Waals surface area (Å²) < 4.78 is 0. The summed E-state index contributed by atoms with van der Waals surface area (Å²) in [5.41, 5.74) is -1.04. The lowest BCUT2D eigenvalue weighted by Gasteiger charge is -2.40. The highest BCUT2D eigenvalue weighted by Crippen LogP contribution is 2.48. The number of hydrogen-bond acceptors (Lipinski definition) is 2. The number of rotatable bonds is 2. The SMILES string of the molecule is CC1(C)CCC(C)(C)C(C(=O)O)=C1C(=O)O. The predicted molar refractivity (Wildman–Crippen MR) is 59.1 cm³/mol. The molecule has 90 valence electrons. The highest BCUT2D eigenvalue weighted by atomic mass is 16.4. The maximum absolute atomic E-state index is 11.3. The smallest absolute Gasteiger partial charge is 0.332 e. The average molecular weight is 226 g/mol. The lowest BCUT2D eigenvalue weighted by atomic mass is 9.63. The van der Waals surface area contributed by atoms with Gasteiger partial charge in [0.15, 0.2) is 0 Å². The van der Waals surface area contributed by atoms with Gasteiger partial charge in [0.25, 0.3) is 0 Å². The van der Waals surface area contributed by atoms with Crippen molar-refractivity contribution < 1.29 is 19.8 Å². The molecule has 0 aromatic rings. The Morgan fingerprint density at radius 3 is 1.31 bits per heavy atom. The second-order valence-electron chi connectivity index (χ2n) is 5.63. The molecule has 16 heavy (non-hydrogen) atoms. The van der Waals surface area contributed by atoms with Crippen molar-refractivity contribution in [3.63, 3.8) is 0 Å². The van der Waals surface area contributed by atoms with Crippen molar-refractivity contribution in [2.45, 2.75) is 40.5 Å². The molecular formula is C12H18O4. The van der Waals surface area contributed by atoms with E-state index in [0.29, 0.717) is 12.8 Å². The largest absolute Gasteiger partial charge is 0.478 e. The third-order valence-electron chi connectivity index (χ3n) is 3.41. The molecule has 1 aliphatic carbocycles. The van der Waals surface area contributed by atoms with Gasteiger partial charge in [0.1, 0.15) is 0 Å². The van der Waals surface area contributed by atoms with Crippen LogP contribution in [0.5, 0.6) is 0 Å². The highest BCUT2D eigenvalue weighted by molar-refractivity contribution is 6.01. The summed E-state index contributed by atoms with van der Waals surface area (Å²) in [6.07, 6.45) is 1.39. The Morgan fingerprint density at radius 1 is 0.875 bits per heavy atom. The minimum absolute atomic E-state index is 0.0521. The minimum atomic E-state index is -1.12. The van der Waals surface area contributed by atoms with Crippen molar-refractivity contribution >= 4 is 11.9 Å². The molecule has 0 amide bonds. The summed E-state index contributed by atoms with van der Waals surface area (Å²) in [5, 5.41) is 18.4. The molecule has 2 N–H and O–H groups in total. The fourth-order valence-electron chi connectivity index (χ4n) is 2.34. The zero-order valence-electron chi connectivity index (χ0n) is 10.1. The van der Waals surface area contributed by atoms with E-state index in [1.807, 2.05) is 0 Å². The van der Waals surface area contributed by atoms with Crippen LogP contribution in [-0.2, 0) is 9.59 Å². The van der Waals surface area contributed by atoms with Crippen LogP contribution >= 0.6 is 0 Å². The number of aliphatic carboxylic acids is 2. The summed E-state index contributed by atoms with van der Waals surface area (Å²) in [4.78, 5) is 22.5. The molecule has 0 fully saturated rings. The van der Waals surface area contributed by atoms with Gasteiger partial charge in [0.2, 0.25) is 0 Å². The predicted octanol–water partition coefficient (Wildman–Crippen LogP) is 2.30. The molecule has 1 aliphatic rings. The highest BCUT2D eigenvalue weighted by Gasteiger charge is 2.45. The van der Waals surface area contributed by atoms with Crippen molar-refractivity contribution in [1.82, 2.24) is 0 Å². The quantitative estimate of drug-likeness (QED) is 0.757. The first kappa shape index (κ1) is 12.7. The molecule has 0 atom stereocenters. The summed E-state index contributed by atoms with van der Waals surface area (Å²) in [5.74, 6) is -2.23. The van der Waals surface area contributed by atoms with E-state index in [4.69, 9.17) is 0 Å². The number of hydrogen-bond donors (Lipinski definition) is 2. The minimum Gasteiger partial charge on any atom is -0.478 e. The van der Waals surface area contributed by atoms with Crippen LogP contribution in [0, 0.1) is 10.8 Å². The van der Waals surface area contributed by atoms with E-state index < -0.39 is 22.8 Å². The molecule has 0 spiro atoms. The zero-order valence-corrected chi connectivity index (χ0v) is 10.1. The summed E-state index contributed by atoms with van der Waals surface area (Å²) in [7, 11) is 0. The lowest BCUT2D eigenvalue weighted by molar-refractivity contribution is -0.138. The molecule has 0 saturated carbocycles. The molecule has 0 bridgehead atoms. The van der Waals surface area contributed by atoms with E-state index in [1.165, 1.54) is 0 Å². The van der Waals surface area contributed by atoms with Crippen LogP contribution in [-0.4, -0.2) is 22.2 Å². The van der Waals surface area contributed by atoms with E-state index in [2.05, 4.69) is 0 Å². The van der Waals surface area contributed by atoms with Gasteiger partial charge in [-0.3, -0.25) is 0 Å². The molecular weight excluding hydrogens is 208 g/mol. The third-order valence-corrected chi connectivity index (χ3v) is 3.41. The number of carbonyl (C=O) groups is 2. The van der Waals surface area contributed by atoms with Gasteiger partial charge in [0, 0.05) is 0 Å². The van der Waals surface area contributed by atoms with Crippen molar-refractivity contribution in [3.05, 3.63) is 11.1 Å². The van der Waals surface area contributed by atoms with Crippen LogP contribution in [0.15, 0.2) is 11.1 Å². The summed E-state index contributed by atoms with van der Waals surface area (Å²) in [6.45, 7) is 7.15. The molecule has 0 radical (unpaired) electrons. The molecule has 0 saturated heterocycles. The van der Waals surface area contributed by atoms with Crippen LogP contribution in [0.2, 0.25) is 0 Å². The maximum Gasteiger partial charge on any atom is 0.332 e. The molecule has 0 aromatic heterocycles. The van der Waals surface area contributed by atoms with Gasteiger partial charge in [0.05, 0.1) is 11.1 Å². The molecule has 0 aromatic carbocycles. The van der Waals surface area contributed by atoms with E-state index in [0.717, 1.165) is 0 Å². The Balaban J connectivity index is 3.53. The van der Waals surface area contributed by atoms with Crippen LogP contribution in [0.1, 0.15) is 40.5 Å². The van der Waals surface area contributed by atoms with Crippen LogP contribution < -0.4 is 0 Å². The number of carboxylic acid groups (broad SMARTS) is 2. The Hall–Kier alpha value is -1.32. The Kier molecular flexibility index (Phi) is 2.88. The average Bonchev–Trinajstić information content (AvgIpc) is 2.07. The molecule has 0 aliphatic heterocycles. The topological polar surface area (TPSA) is 74.6 Å². The van der Waals surface area contributed by atoms with E-state index in [1.54, 1.807) is 27.7 Å². The lowest BCUT2D eigenvalue weighted by Crippen LogP contribution is -2.37. The van der Waals surface area contributed by atoms with Crippen molar-refractivity contribution in [2.24, 2.45) is 10.8 Å². The van der Waals surface area contributed by atoms with Gasteiger partial charge < -0.3 is 10.2 Å². The molecule has 4 nitrogen and oxygen atoms in total. The first-order valence-corrected chi connectivity index (χ1v) is 5.31. The molecule has 4 heteroatoms. The second kappa shape index (κ2) is 3.61. The van der Waals surface area contributed by atoms with E-state index in [9.17, 15) is 19.8 Å². The molecule has 1 rings (SSSR count). The fourth-order valence-corrected chi connectivity index (χ4v) is 2.34. The maximum atomic E-state index is 11.3. The zero-order chi connectivity index (χ0) is 12.7. The summed E-state index contributed by atoms with van der Waals surface area (Å²) in [6, 6.07) is 0. The standard InChI is InChI=1S/C12H18O4/c1-11(2)5-6-12(3,4)8(10(15)16)7(11)9(13)14/h5-6H2,1-4H3,(H,13,14)(H,15,16). The van der Waals surface area contributed by atoms with Gasteiger partial charge >= 0.3 is 11.9 Å². The fraction of sp³-hybridized carbons (Fsp3) is 0.667. The van der Waals surface area contributed by atoms with Crippen LogP contribution in [0.25, 0.3) is 0 Å². The third kappa shape index (κ3) is 1.96. The Morgan fingerprint density at radius 2 is 1.12 bits per heavy atom. The Labute approximate surface area is 95.0 Å². The van der Waals surface area contributed by atoms with Gasteiger partial charge in [-0.15, -0.1) is 0 Å². The van der Waals surface area contributed by atoms with Crippen molar-refractivity contribution in [1.29, 1.82) is 0 Å². The van der Waals surface area contributed by atoms with Crippen LogP contribution in [0.4, 0.5) is 0 Å². The van der Waals surface area contributed by atoms with Gasteiger partial charge in [-0.25, -0.2) is 9.59 Å². The first-order valence-electron chi connectivity index (χ1n) is 5.31. The van der Waals surface area contributed by atoms with Gasteiger partial charge in [-0.05, 0) is 23.7 Å². The second-order valence-corrected chi connectivity index (χ2v) is 5.63. The number of carboxylic acids is 2. The van der Waals surface area contributed by atoms with Crippen molar-refractivity contribution in [2.75, 3.05) is 0 Å². The first-order chi connectivity index (χ1) is 7.09. The van der Waals surface area contributed by atoms with Crippen LogP contribution in [0.3, 0.4) is 0 Å². The van der Waals surface area contributed by atoms with Crippen molar-refractivity contribution in [3.8, 4) is 0 Å².